The van der Waals surface area contributed by atoms with Crippen molar-refractivity contribution in [2.45, 2.75) is 6.92 Å². The summed E-state index contributed by atoms with van der Waals surface area (Å²) in [5, 5.41) is 19.1. The van der Waals surface area contributed by atoms with Crippen molar-refractivity contribution >= 4 is 5.84 Å². The Balaban J connectivity index is 2.35. The van der Waals surface area contributed by atoms with Crippen LogP contribution in [0, 0.1) is 6.92 Å². The molecule has 1 aromatic heterocycles. The van der Waals surface area contributed by atoms with E-state index in [1.165, 1.54) is 6.20 Å². The van der Waals surface area contributed by atoms with Crippen molar-refractivity contribution in [1.82, 2.24) is 10.2 Å². The van der Waals surface area contributed by atoms with Gasteiger partial charge in [0.2, 0.25) is 5.88 Å². The number of oxime groups is 1. The third kappa shape index (κ3) is 2.54. The molecule has 0 aliphatic carbocycles. The monoisotopic (exact) mass is 244 g/mol. The standard InChI is InChI=1S/C12H12N4O2/c1-8-3-2-4-9(7-8)18-12-10(11(13)16-17)5-6-14-15-12/h2-7,17H,1H3,(H2,13,16). The van der Waals surface area contributed by atoms with E-state index in [9.17, 15) is 0 Å². The Morgan fingerprint density at radius 2 is 2.22 bits per heavy atom. The number of hydrogen-bond donors (Lipinski definition) is 2. The first-order valence-corrected chi connectivity index (χ1v) is 5.25. The van der Waals surface area contributed by atoms with E-state index in [0.29, 0.717) is 11.3 Å². The molecule has 0 aliphatic heterocycles. The minimum Gasteiger partial charge on any atom is -0.437 e. The molecule has 0 bridgehead atoms. The van der Waals surface area contributed by atoms with Crippen molar-refractivity contribution in [2.75, 3.05) is 0 Å². The second-order valence-corrected chi connectivity index (χ2v) is 3.65. The van der Waals surface area contributed by atoms with E-state index in [4.69, 9.17) is 15.7 Å². The zero-order valence-corrected chi connectivity index (χ0v) is 9.74. The van der Waals surface area contributed by atoms with Crippen molar-refractivity contribution in [3.8, 4) is 11.6 Å². The van der Waals surface area contributed by atoms with Crippen molar-refractivity contribution in [3.63, 3.8) is 0 Å². The maximum Gasteiger partial charge on any atom is 0.250 e. The SMILES string of the molecule is Cc1cccc(Oc2nnccc2/C(N)=N/O)c1. The number of aromatic nitrogens is 2. The molecule has 0 saturated heterocycles. The molecule has 0 spiro atoms. The molecule has 0 aliphatic rings. The highest BCUT2D eigenvalue weighted by atomic mass is 16.5. The largest absolute Gasteiger partial charge is 0.437 e. The first kappa shape index (κ1) is 11.8. The van der Waals surface area contributed by atoms with E-state index in [1.54, 1.807) is 12.1 Å². The smallest absolute Gasteiger partial charge is 0.250 e. The van der Waals surface area contributed by atoms with Gasteiger partial charge in [0.05, 0.1) is 11.8 Å². The van der Waals surface area contributed by atoms with Gasteiger partial charge in [0.1, 0.15) is 5.75 Å². The average molecular weight is 244 g/mol. The lowest BCUT2D eigenvalue weighted by atomic mass is 10.2. The van der Waals surface area contributed by atoms with E-state index in [0.717, 1.165) is 5.56 Å². The van der Waals surface area contributed by atoms with Crippen LogP contribution in [0.5, 0.6) is 11.6 Å². The number of hydrogen-bond acceptors (Lipinski definition) is 5. The Bertz CT molecular complexity index is 584. The van der Waals surface area contributed by atoms with Gasteiger partial charge in [-0.05, 0) is 30.7 Å². The fourth-order valence-corrected chi connectivity index (χ4v) is 1.43. The van der Waals surface area contributed by atoms with Crippen molar-refractivity contribution in [1.29, 1.82) is 0 Å². The molecule has 0 saturated carbocycles. The van der Waals surface area contributed by atoms with Gasteiger partial charge in [-0.25, -0.2) is 0 Å². The summed E-state index contributed by atoms with van der Waals surface area (Å²) >= 11 is 0. The fraction of sp³-hybridized carbons (Fsp3) is 0.0833. The number of amidine groups is 1. The summed E-state index contributed by atoms with van der Waals surface area (Å²) in [6.07, 6.45) is 1.44. The van der Waals surface area contributed by atoms with Crippen LogP contribution in [0.4, 0.5) is 0 Å². The molecule has 2 rings (SSSR count). The molecule has 0 amide bonds. The normalized spacial score (nSPS) is 11.3. The van der Waals surface area contributed by atoms with Gasteiger partial charge in [0.25, 0.3) is 0 Å². The molecule has 18 heavy (non-hydrogen) atoms. The number of nitrogens with zero attached hydrogens (tertiary/aromatic N) is 3. The van der Waals surface area contributed by atoms with Crippen LogP contribution in [0.1, 0.15) is 11.1 Å². The molecular weight excluding hydrogens is 232 g/mol. The maximum absolute atomic E-state index is 8.68. The number of rotatable bonds is 3. The van der Waals surface area contributed by atoms with Gasteiger partial charge in [0, 0.05) is 0 Å². The second kappa shape index (κ2) is 5.13. The Morgan fingerprint density at radius 3 is 2.94 bits per heavy atom. The third-order valence-corrected chi connectivity index (χ3v) is 2.27. The molecule has 92 valence electrons. The Labute approximate surface area is 104 Å². The van der Waals surface area contributed by atoms with Gasteiger partial charge >= 0.3 is 0 Å². The van der Waals surface area contributed by atoms with E-state index in [2.05, 4.69) is 15.4 Å². The zero-order valence-electron chi connectivity index (χ0n) is 9.74. The van der Waals surface area contributed by atoms with Crippen LogP contribution < -0.4 is 10.5 Å². The molecule has 3 N–H and O–H groups in total. The Morgan fingerprint density at radius 1 is 1.39 bits per heavy atom. The van der Waals surface area contributed by atoms with Gasteiger partial charge in [-0.1, -0.05) is 17.3 Å². The minimum atomic E-state index is -0.0763. The maximum atomic E-state index is 8.68. The molecule has 6 heteroatoms. The minimum absolute atomic E-state index is 0.0763. The van der Waals surface area contributed by atoms with Crippen LogP contribution in [-0.2, 0) is 0 Å². The molecule has 2 aromatic rings. The summed E-state index contributed by atoms with van der Waals surface area (Å²) in [5.41, 5.74) is 6.97. The highest BCUT2D eigenvalue weighted by Gasteiger charge is 2.11. The van der Waals surface area contributed by atoms with Gasteiger partial charge < -0.3 is 15.7 Å². The van der Waals surface area contributed by atoms with Crippen LogP contribution in [0.25, 0.3) is 0 Å². The van der Waals surface area contributed by atoms with Crippen LogP contribution in [0.3, 0.4) is 0 Å². The predicted molar refractivity (Wildman–Crippen MR) is 65.8 cm³/mol. The van der Waals surface area contributed by atoms with E-state index < -0.39 is 0 Å². The van der Waals surface area contributed by atoms with E-state index in [1.807, 2.05) is 25.1 Å². The highest BCUT2D eigenvalue weighted by Crippen LogP contribution is 2.22. The molecule has 1 aromatic carbocycles. The van der Waals surface area contributed by atoms with Crippen LogP contribution in [-0.4, -0.2) is 21.2 Å². The van der Waals surface area contributed by atoms with E-state index >= 15 is 0 Å². The summed E-state index contributed by atoms with van der Waals surface area (Å²) in [5.74, 6) is 0.730. The van der Waals surface area contributed by atoms with Crippen LogP contribution in [0.15, 0.2) is 41.7 Å². The van der Waals surface area contributed by atoms with Crippen molar-refractivity contribution in [2.24, 2.45) is 10.9 Å². The molecule has 0 unspecified atom stereocenters. The number of ether oxygens (including phenoxy) is 1. The lowest BCUT2D eigenvalue weighted by Gasteiger charge is -2.08. The molecule has 6 nitrogen and oxygen atoms in total. The highest BCUT2D eigenvalue weighted by molar-refractivity contribution is 5.98. The van der Waals surface area contributed by atoms with Gasteiger partial charge in [-0.15, -0.1) is 5.10 Å². The summed E-state index contributed by atoms with van der Waals surface area (Å²) < 4.78 is 5.57. The van der Waals surface area contributed by atoms with Crippen LogP contribution in [0.2, 0.25) is 0 Å². The number of aryl methyl sites for hydroxylation is 1. The summed E-state index contributed by atoms with van der Waals surface area (Å²) in [6.45, 7) is 1.95. The van der Waals surface area contributed by atoms with Gasteiger partial charge in [0.15, 0.2) is 5.84 Å². The first-order valence-electron chi connectivity index (χ1n) is 5.25. The van der Waals surface area contributed by atoms with Crippen LogP contribution >= 0.6 is 0 Å². The zero-order chi connectivity index (χ0) is 13.0. The first-order chi connectivity index (χ1) is 8.70. The molecular formula is C12H12N4O2. The topological polar surface area (TPSA) is 93.6 Å². The van der Waals surface area contributed by atoms with E-state index in [-0.39, 0.29) is 11.7 Å². The van der Waals surface area contributed by atoms with Gasteiger partial charge in [-0.3, -0.25) is 0 Å². The summed E-state index contributed by atoms with van der Waals surface area (Å²) in [4.78, 5) is 0. The second-order valence-electron chi connectivity index (χ2n) is 3.65. The summed E-state index contributed by atoms with van der Waals surface area (Å²) in [6, 6.07) is 9.02. The number of benzene rings is 1. The molecule has 0 radical (unpaired) electrons. The van der Waals surface area contributed by atoms with Gasteiger partial charge in [-0.2, -0.15) is 5.10 Å². The average Bonchev–Trinajstić information content (AvgIpc) is 2.38. The third-order valence-electron chi connectivity index (χ3n) is 2.27. The Hall–Kier alpha value is -2.63. The van der Waals surface area contributed by atoms with Crippen molar-refractivity contribution in [3.05, 3.63) is 47.7 Å². The fourth-order valence-electron chi connectivity index (χ4n) is 1.43. The molecule has 0 fully saturated rings. The lowest BCUT2D eigenvalue weighted by Crippen LogP contribution is -2.15. The molecule has 1 heterocycles. The van der Waals surface area contributed by atoms with Crippen molar-refractivity contribution < 1.29 is 9.94 Å². The summed E-state index contributed by atoms with van der Waals surface area (Å²) in [7, 11) is 0. The Kier molecular flexibility index (Phi) is 3.38. The number of nitrogens with two attached hydrogens (primary N) is 1. The lowest BCUT2D eigenvalue weighted by molar-refractivity contribution is 0.318. The molecule has 0 atom stereocenters. The quantitative estimate of drug-likeness (QED) is 0.371. The predicted octanol–water partition coefficient (Wildman–Crippen LogP) is 1.67.